The molecule has 0 bridgehead atoms. The first-order chi connectivity index (χ1) is 13.5. The first kappa shape index (κ1) is 18.4. The lowest BCUT2D eigenvalue weighted by atomic mass is 9.65. The highest BCUT2D eigenvalue weighted by atomic mass is 32.1. The SMILES string of the molecule is Cc1ccc(C#N)cc1-c1nnc(NCC2(c3ncccc3F)CC(F)C2)s1. The molecule has 0 unspecified atom stereocenters. The lowest BCUT2D eigenvalue weighted by Crippen LogP contribution is -2.48. The van der Waals surface area contributed by atoms with Gasteiger partial charge in [-0.15, -0.1) is 10.2 Å². The number of pyridine rings is 1. The van der Waals surface area contributed by atoms with Gasteiger partial charge in [0.25, 0.3) is 0 Å². The molecule has 1 aliphatic rings. The Balaban J connectivity index is 1.55. The Morgan fingerprint density at radius 1 is 1.32 bits per heavy atom. The van der Waals surface area contributed by atoms with Gasteiger partial charge in [0.15, 0.2) is 0 Å². The number of nitrogens with one attached hydrogen (secondary N) is 1. The molecule has 0 radical (unpaired) electrons. The summed E-state index contributed by atoms with van der Waals surface area (Å²) in [5.74, 6) is -0.418. The highest BCUT2D eigenvalue weighted by Gasteiger charge is 2.48. The van der Waals surface area contributed by atoms with Crippen LogP contribution in [-0.4, -0.2) is 27.9 Å². The Hall–Kier alpha value is -2.92. The second-order valence-corrected chi connectivity index (χ2v) is 8.00. The minimum atomic E-state index is -0.954. The van der Waals surface area contributed by atoms with Crippen LogP contribution in [0.2, 0.25) is 0 Å². The normalized spacial score (nSPS) is 21.0. The monoisotopic (exact) mass is 397 g/mol. The van der Waals surface area contributed by atoms with Crippen LogP contribution in [0.5, 0.6) is 0 Å². The molecule has 0 aliphatic heterocycles. The van der Waals surface area contributed by atoms with E-state index in [0.29, 0.717) is 27.9 Å². The molecule has 1 aliphatic carbocycles. The van der Waals surface area contributed by atoms with Crippen molar-refractivity contribution in [2.75, 3.05) is 11.9 Å². The molecule has 4 rings (SSSR count). The van der Waals surface area contributed by atoms with E-state index in [0.717, 1.165) is 11.1 Å². The summed E-state index contributed by atoms with van der Waals surface area (Å²) in [4.78, 5) is 4.16. The van der Waals surface area contributed by atoms with E-state index in [1.165, 1.54) is 29.7 Å². The molecule has 2 aromatic heterocycles. The summed E-state index contributed by atoms with van der Waals surface area (Å²) in [7, 11) is 0. The van der Waals surface area contributed by atoms with Crippen molar-refractivity contribution in [1.82, 2.24) is 15.2 Å². The Morgan fingerprint density at radius 2 is 2.14 bits per heavy atom. The van der Waals surface area contributed by atoms with Gasteiger partial charge in [-0.1, -0.05) is 17.4 Å². The fourth-order valence-corrected chi connectivity index (χ4v) is 4.38. The topological polar surface area (TPSA) is 74.5 Å². The van der Waals surface area contributed by atoms with Crippen molar-refractivity contribution in [3.63, 3.8) is 0 Å². The Labute approximate surface area is 165 Å². The van der Waals surface area contributed by atoms with Crippen LogP contribution in [0.25, 0.3) is 10.6 Å². The zero-order valence-electron chi connectivity index (χ0n) is 15.1. The van der Waals surface area contributed by atoms with Crippen molar-refractivity contribution < 1.29 is 8.78 Å². The third-order valence-electron chi connectivity index (χ3n) is 5.09. The average Bonchev–Trinajstić information content (AvgIpc) is 3.14. The number of aryl methyl sites for hydroxylation is 1. The van der Waals surface area contributed by atoms with Gasteiger partial charge in [-0.3, -0.25) is 4.98 Å². The Bertz CT molecular complexity index is 1050. The predicted molar refractivity (Wildman–Crippen MR) is 103 cm³/mol. The molecule has 2 heterocycles. The Morgan fingerprint density at radius 3 is 2.86 bits per heavy atom. The molecule has 1 saturated carbocycles. The molecule has 0 atom stereocenters. The van der Waals surface area contributed by atoms with Gasteiger partial charge >= 0.3 is 0 Å². The van der Waals surface area contributed by atoms with E-state index in [9.17, 15) is 8.78 Å². The molecule has 0 saturated heterocycles. The van der Waals surface area contributed by atoms with Gasteiger partial charge in [0.05, 0.1) is 17.3 Å². The zero-order chi connectivity index (χ0) is 19.7. The van der Waals surface area contributed by atoms with Crippen LogP contribution in [0.3, 0.4) is 0 Å². The van der Waals surface area contributed by atoms with Crippen molar-refractivity contribution in [3.8, 4) is 16.6 Å². The Kier molecular flexibility index (Phi) is 4.77. The number of aromatic nitrogens is 3. The maximum Gasteiger partial charge on any atom is 0.206 e. The number of halogens is 2. The molecule has 0 spiro atoms. The second-order valence-electron chi connectivity index (χ2n) is 7.03. The van der Waals surface area contributed by atoms with Crippen LogP contribution in [0.15, 0.2) is 36.5 Å². The van der Waals surface area contributed by atoms with E-state index >= 15 is 0 Å². The first-order valence-electron chi connectivity index (χ1n) is 8.84. The van der Waals surface area contributed by atoms with Gasteiger partial charge in [-0.05, 0) is 49.6 Å². The highest BCUT2D eigenvalue weighted by Crippen LogP contribution is 2.45. The summed E-state index contributed by atoms with van der Waals surface area (Å²) in [6.45, 7) is 2.27. The van der Waals surface area contributed by atoms with Crippen molar-refractivity contribution in [2.24, 2.45) is 0 Å². The van der Waals surface area contributed by atoms with Crippen molar-refractivity contribution in [2.45, 2.75) is 31.4 Å². The summed E-state index contributed by atoms with van der Waals surface area (Å²) in [6.07, 6.45) is 1.02. The molecule has 142 valence electrons. The number of rotatable bonds is 5. The molecule has 8 heteroatoms. The number of anilines is 1. The largest absolute Gasteiger partial charge is 0.359 e. The van der Waals surface area contributed by atoms with E-state index in [2.05, 4.69) is 26.6 Å². The summed E-state index contributed by atoms with van der Waals surface area (Å²) < 4.78 is 27.9. The lowest BCUT2D eigenvalue weighted by molar-refractivity contribution is 0.0965. The molecule has 3 aromatic rings. The molecule has 1 fully saturated rings. The number of hydrogen-bond donors (Lipinski definition) is 1. The van der Waals surface area contributed by atoms with Crippen molar-refractivity contribution in [3.05, 3.63) is 59.2 Å². The summed E-state index contributed by atoms with van der Waals surface area (Å²) in [6, 6.07) is 10.4. The van der Waals surface area contributed by atoms with E-state index in [1.54, 1.807) is 12.1 Å². The third kappa shape index (κ3) is 3.34. The fraction of sp³-hybridized carbons (Fsp3) is 0.300. The van der Waals surface area contributed by atoms with Crippen LogP contribution < -0.4 is 5.32 Å². The average molecular weight is 397 g/mol. The van der Waals surface area contributed by atoms with Crippen molar-refractivity contribution >= 4 is 16.5 Å². The fourth-order valence-electron chi connectivity index (χ4n) is 3.56. The first-order valence-corrected chi connectivity index (χ1v) is 9.66. The van der Waals surface area contributed by atoms with Gasteiger partial charge in [-0.2, -0.15) is 5.26 Å². The molecule has 28 heavy (non-hydrogen) atoms. The third-order valence-corrected chi connectivity index (χ3v) is 6.00. The van der Waals surface area contributed by atoms with E-state index in [4.69, 9.17) is 5.26 Å². The van der Waals surface area contributed by atoms with Crippen LogP contribution in [0.1, 0.15) is 29.7 Å². The summed E-state index contributed by atoms with van der Waals surface area (Å²) in [5.41, 5.74) is 2.00. The van der Waals surface area contributed by atoms with Crippen LogP contribution in [0, 0.1) is 24.1 Å². The molecule has 0 amide bonds. The van der Waals surface area contributed by atoms with E-state index in [1.807, 2.05) is 13.0 Å². The minimum Gasteiger partial charge on any atom is -0.359 e. The summed E-state index contributed by atoms with van der Waals surface area (Å²) >= 11 is 1.34. The summed E-state index contributed by atoms with van der Waals surface area (Å²) in [5, 5.41) is 21.9. The number of hydrogen-bond acceptors (Lipinski definition) is 6. The second kappa shape index (κ2) is 7.24. The number of nitriles is 1. The van der Waals surface area contributed by atoms with Crippen LogP contribution >= 0.6 is 11.3 Å². The molecule has 1 N–H and O–H groups in total. The maximum absolute atomic E-state index is 14.2. The van der Waals surface area contributed by atoms with Crippen LogP contribution in [0.4, 0.5) is 13.9 Å². The van der Waals surface area contributed by atoms with E-state index < -0.39 is 17.4 Å². The zero-order valence-corrected chi connectivity index (χ0v) is 15.9. The number of nitrogens with zero attached hydrogens (tertiary/aromatic N) is 4. The van der Waals surface area contributed by atoms with Crippen molar-refractivity contribution in [1.29, 1.82) is 5.26 Å². The number of benzene rings is 1. The molecule has 1 aromatic carbocycles. The van der Waals surface area contributed by atoms with Gasteiger partial charge in [-0.25, -0.2) is 8.78 Å². The molecule has 5 nitrogen and oxygen atoms in total. The van der Waals surface area contributed by atoms with Gasteiger partial charge in [0.1, 0.15) is 17.0 Å². The van der Waals surface area contributed by atoms with Gasteiger partial charge < -0.3 is 5.32 Å². The quantitative estimate of drug-likeness (QED) is 0.691. The highest BCUT2D eigenvalue weighted by molar-refractivity contribution is 7.18. The van der Waals surface area contributed by atoms with Crippen LogP contribution in [-0.2, 0) is 5.41 Å². The lowest BCUT2D eigenvalue weighted by Gasteiger charge is -2.43. The standard InChI is InChI=1S/C20H17F2N5S/c1-12-4-5-13(10-23)7-15(12)18-26-27-19(28-18)25-11-20(8-14(21)9-20)17-16(22)3-2-6-24-17/h2-7,14H,8-9,11H2,1H3,(H,25,27). The smallest absolute Gasteiger partial charge is 0.206 e. The molecular weight excluding hydrogens is 380 g/mol. The van der Waals surface area contributed by atoms with Gasteiger partial charge in [0.2, 0.25) is 5.13 Å². The molecular formula is C20H17F2N5S. The number of alkyl halides is 1. The minimum absolute atomic E-state index is 0.225. The van der Waals surface area contributed by atoms with E-state index in [-0.39, 0.29) is 12.8 Å². The predicted octanol–water partition coefficient (Wildman–Crippen LogP) is 4.40. The maximum atomic E-state index is 14.2. The van der Waals surface area contributed by atoms with Gasteiger partial charge in [0, 0.05) is 23.7 Å².